The summed E-state index contributed by atoms with van der Waals surface area (Å²) in [5, 5.41) is 11.8. The number of carboxylic acids is 1. The van der Waals surface area contributed by atoms with E-state index in [2.05, 4.69) is 10.3 Å². The summed E-state index contributed by atoms with van der Waals surface area (Å²) in [6.45, 7) is 3.93. The maximum Gasteiger partial charge on any atom is 0.306 e. The van der Waals surface area contributed by atoms with Gasteiger partial charge in [0.05, 0.1) is 18.2 Å². The monoisotopic (exact) mass is 280 g/mol. The molecule has 6 heteroatoms. The Hall–Kier alpha value is -1.85. The Kier molecular flexibility index (Phi) is 4.42. The topological polar surface area (TPSA) is 92.4 Å². The highest BCUT2D eigenvalue weighted by Crippen LogP contribution is 2.29. The smallest absolute Gasteiger partial charge is 0.306 e. The molecule has 2 N–H and O–H groups in total. The summed E-state index contributed by atoms with van der Waals surface area (Å²) < 4.78 is 5.39. The highest BCUT2D eigenvalue weighted by molar-refractivity contribution is 5.80. The Balaban J connectivity index is 1.86. The molecule has 20 heavy (non-hydrogen) atoms. The standard InChI is InChI=1S/C14H20N2O4/c1-8-9(2)20-12(16-8)7-15-13(17)10-4-3-5-11(6-10)14(18)19/h10-11H,3-7H2,1-2H3,(H,15,17)(H,18,19). The van der Waals surface area contributed by atoms with E-state index in [0.717, 1.165) is 24.3 Å². The number of nitrogens with zero attached hydrogens (tertiary/aromatic N) is 1. The molecule has 1 aromatic heterocycles. The number of nitrogens with one attached hydrogen (secondary N) is 1. The number of carbonyl (C=O) groups excluding carboxylic acids is 1. The molecule has 0 radical (unpaired) electrons. The molecule has 0 bridgehead atoms. The Morgan fingerprint density at radius 2 is 2.05 bits per heavy atom. The van der Waals surface area contributed by atoms with E-state index in [9.17, 15) is 9.59 Å². The zero-order chi connectivity index (χ0) is 14.7. The van der Waals surface area contributed by atoms with Crippen LogP contribution in [0.3, 0.4) is 0 Å². The van der Waals surface area contributed by atoms with Crippen molar-refractivity contribution in [1.82, 2.24) is 10.3 Å². The zero-order valence-electron chi connectivity index (χ0n) is 11.8. The van der Waals surface area contributed by atoms with Gasteiger partial charge in [0, 0.05) is 5.92 Å². The molecule has 1 amide bonds. The zero-order valence-corrected chi connectivity index (χ0v) is 11.8. The fourth-order valence-corrected chi connectivity index (χ4v) is 2.57. The van der Waals surface area contributed by atoms with Gasteiger partial charge in [-0.1, -0.05) is 6.42 Å². The van der Waals surface area contributed by atoms with Crippen molar-refractivity contribution >= 4 is 11.9 Å². The van der Waals surface area contributed by atoms with Crippen molar-refractivity contribution < 1.29 is 19.1 Å². The molecular formula is C14H20N2O4. The minimum Gasteiger partial charge on any atom is -0.481 e. The van der Waals surface area contributed by atoms with Crippen molar-refractivity contribution in [3.05, 3.63) is 17.3 Å². The predicted molar refractivity (Wildman–Crippen MR) is 70.9 cm³/mol. The molecule has 1 aliphatic rings. The number of carboxylic acid groups (broad SMARTS) is 1. The van der Waals surface area contributed by atoms with Crippen LogP contribution in [0, 0.1) is 25.7 Å². The Labute approximate surface area is 117 Å². The van der Waals surface area contributed by atoms with E-state index in [1.165, 1.54) is 0 Å². The normalized spacial score (nSPS) is 22.5. The van der Waals surface area contributed by atoms with Crippen LogP contribution in [-0.4, -0.2) is 22.0 Å². The molecule has 1 aliphatic carbocycles. The largest absolute Gasteiger partial charge is 0.481 e. The Bertz CT molecular complexity index is 490. The summed E-state index contributed by atoms with van der Waals surface area (Å²) in [6.07, 6.45) is 2.62. The number of hydrogen-bond donors (Lipinski definition) is 2. The molecule has 1 saturated carbocycles. The molecule has 2 rings (SSSR count). The summed E-state index contributed by atoms with van der Waals surface area (Å²) >= 11 is 0. The lowest BCUT2D eigenvalue weighted by Gasteiger charge is -2.25. The van der Waals surface area contributed by atoms with Gasteiger partial charge in [0.2, 0.25) is 11.8 Å². The van der Waals surface area contributed by atoms with Gasteiger partial charge < -0.3 is 14.8 Å². The highest BCUT2D eigenvalue weighted by atomic mass is 16.4. The van der Waals surface area contributed by atoms with Crippen LogP contribution in [0.5, 0.6) is 0 Å². The van der Waals surface area contributed by atoms with E-state index in [1.54, 1.807) is 0 Å². The number of aryl methyl sites for hydroxylation is 2. The fourth-order valence-electron chi connectivity index (χ4n) is 2.57. The molecule has 0 spiro atoms. The van der Waals surface area contributed by atoms with Crippen molar-refractivity contribution in [2.24, 2.45) is 11.8 Å². The second kappa shape index (κ2) is 6.07. The van der Waals surface area contributed by atoms with Gasteiger partial charge in [-0.25, -0.2) is 4.98 Å². The van der Waals surface area contributed by atoms with Crippen molar-refractivity contribution in [1.29, 1.82) is 0 Å². The molecule has 1 aromatic rings. The lowest BCUT2D eigenvalue weighted by molar-refractivity contribution is -0.144. The Morgan fingerprint density at radius 1 is 1.35 bits per heavy atom. The van der Waals surface area contributed by atoms with Crippen LogP contribution < -0.4 is 5.32 Å². The third kappa shape index (κ3) is 3.37. The first-order chi connectivity index (χ1) is 9.47. The van der Waals surface area contributed by atoms with Gasteiger partial charge in [0.25, 0.3) is 0 Å². The van der Waals surface area contributed by atoms with Crippen LogP contribution in [0.2, 0.25) is 0 Å². The first-order valence-electron chi connectivity index (χ1n) is 6.90. The third-order valence-corrected chi connectivity index (χ3v) is 3.88. The lowest BCUT2D eigenvalue weighted by Crippen LogP contribution is -2.35. The van der Waals surface area contributed by atoms with Crippen LogP contribution in [0.25, 0.3) is 0 Å². The maximum atomic E-state index is 12.1. The Morgan fingerprint density at radius 3 is 2.65 bits per heavy atom. The van der Waals surface area contributed by atoms with Crippen molar-refractivity contribution in [2.45, 2.75) is 46.1 Å². The average Bonchev–Trinajstić information content (AvgIpc) is 2.75. The quantitative estimate of drug-likeness (QED) is 0.877. The van der Waals surface area contributed by atoms with E-state index in [4.69, 9.17) is 9.52 Å². The molecule has 1 heterocycles. The van der Waals surface area contributed by atoms with Crippen LogP contribution in [0.4, 0.5) is 0 Å². The van der Waals surface area contributed by atoms with Crippen LogP contribution in [-0.2, 0) is 16.1 Å². The van der Waals surface area contributed by atoms with E-state index >= 15 is 0 Å². The van der Waals surface area contributed by atoms with Gasteiger partial charge in [-0.3, -0.25) is 9.59 Å². The van der Waals surface area contributed by atoms with Gasteiger partial charge in [0.15, 0.2) is 0 Å². The van der Waals surface area contributed by atoms with Gasteiger partial charge in [0.1, 0.15) is 5.76 Å². The summed E-state index contributed by atoms with van der Waals surface area (Å²) in [5.41, 5.74) is 0.817. The van der Waals surface area contributed by atoms with Crippen molar-refractivity contribution in [2.75, 3.05) is 0 Å². The SMILES string of the molecule is Cc1nc(CNC(=O)C2CCCC(C(=O)O)C2)oc1C. The lowest BCUT2D eigenvalue weighted by atomic mass is 9.81. The molecule has 110 valence electrons. The van der Waals surface area contributed by atoms with Crippen molar-refractivity contribution in [3.8, 4) is 0 Å². The number of aromatic nitrogens is 1. The molecule has 6 nitrogen and oxygen atoms in total. The van der Waals surface area contributed by atoms with Crippen molar-refractivity contribution in [3.63, 3.8) is 0 Å². The molecule has 2 atom stereocenters. The highest BCUT2D eigenvalue weighted by Gasteiger charge is 2.30. The molecular weight excluding hydrogens is 260 g/mol. The average molecular weight is 280 g/mol. The maximum absolute atomic E-state index is 12.1. The van der Waals surface area contributed by atoms with Crippen LogP contribution in [0.15, 0.2) is 4.42 Å². The minimum atomic E-state index is -0.804. The van der Waals surface area contributed by atoms with Gasteiger partial charge in [-0.2, -0.15) is 0 Å². The number of hydrogen-bond acceptors (Lipinski definition) is 4. The third-order valence-electron chi connectivity index (χ3n) is 3.88. The first kappa shape index (κ1) is 14.6. The predicted octanol–water partition coefficient (Wildman–Crippen LogP) is 1.80. The summed E-state index contributed by atoms with van der Waals surface area (Å²) in [5.74, 6) is -0.296. The van der Waals surface area contributed by atoms with E-state index in [1.807, 2.05) is 13.8 Å². The molecule has 1 fully saturated rings. The first-order valence-corrected chi connectivity index (χ1v) is 6.90. The molecule has 0 aliphatic heterocycles. The summed E-state index contributed by atoms with van der Waals surface area (Å²) in [6, 6.07) is 0. The van der Waals surface area contributed by atoms with Gasteiger partial charge in [-0.05, 0) is 33.1 Å². The second-order valence-corrected chi connectivity index (χ2v) is 5.37. The number of carbonyl (C=O) groups is 2. The second-order valence-electron chi connectivity index (χ2n) is 5.37. The fraction of sp³-hybridized carbons (Fsp3) is 0.643. The number of oxazole rings is 1. The number of amides is 1. The van der Waals surface area contributed by atoms with Crippen LogP contribution in [0.1, 0.15) is 43.0 Å². The van der Waals surface area contributed by atoms with E-state index in [0.29, 0.717) is 18.7 Å². The van der Waals surface area contributed by atoms with E-state index < -0.39 is 11.9 Å². The summed E-state index contributed by atoms with van der Waals surface area (Å²) in [7, 11) is 0. The van der Waals surface area contributed by atoms with Gasteiger partial charge in [-0.15, -0.1) is 0 Å². The molecule has 2 unspecified atom stereocenters. The number of aliphatic carboxylic acids is 1. The molecule has 0 aromatic carbocycles. The molecule has 0 saturated heterocycles. The van der Waals surface area contributed by atoms with E-state index in [-0.39, 0.29) is 18.4 Å². The number of rotatable bonds is 4. The van der Waals surface area contributed by atoms with Crippen LogP contribution >= 0.6 is 0 Å². The summed E-state index contributed by atoms with van der Waals surface area (Å²) in [4.78, 5) is 27.2. The van der Waals surface area contributed by atoms with Gasteiger partial charge >= 0.3 is 5.97 Å². The minimum absolute atomic E-state index is 0.107.